The zero-order valence-corrected chi connectivity index (χ0v) is 11.8. The molecule has 1 aliphatic heterocycles. The maximum atomic E-state index is 11.8. The fourth-order valence-electron chi connectivity index (χ4n) is 2.22. The Morgan fingerprint density at radius 1 is 1.37 bits per heavy atom. The van der Waals surface area contributed by atoms with Crippen LogP contribution in [0.4, 0.5) is 10.5 Å². The molecular weight excluding hydrogens is 240 g/mol. The molecule has 1 unspecified atom stereocenters. The van der Waals surface area contributed by atoms with Crippen molar-refractivity contribution in [1.29, 1.82) is 0 Å². The molecule has 104 valence electrons. The van der Waals surface area contributed by atoms with Crippen molar-refractivity contribution in [3.05, 3.63) is 29.8 Å². The summed E-state index contributed by atoms with van der Waals surface area (Å²) in [5.41, 5.74) is 1.95. The first-order valence-electron chi connectivity index (χ1n) is 6.75. The van der Waals surface area contributed by atoms with Gasteiger partial charge in [-0.05, 0) is 45.2 Å². The Balaban J connectivity index is 1.97. The molecule has 2 rings (SSSR count). The van der Waals surface area contributed by atoms with Crippen molar-refractivity contribution in [1.82, 2.24) is 5.32 Å². The average Bonchev–Trinajstić information content (AvgIpc) is 2.47. The van der Waals surface area contributed by atoms with Gasteiger partial charge < -0.3 is 15.4 Å². The third kappa shape index (κ3) is 4.16. The Morgan fingerprint density at radius 2 is 2.11 bits per heavy atom. The highest BCUT2D eigenvalue weighted by Gasteiger charge is 2.21. The minimum Gasteiger partial charge on any atom is -0.444 e. The normalized spacial score (nSPS) is 18.8. The van der Waals surface area contributed by atoms with E-state index < -0.39 is 5.60 Å². The van der Waals surface area contributed by atoms with Crippen molar-refractivity contribution < 1.29 is 9.53 Å². The van der Waals surface area contributed by atoms with E-state index >= 15 is 0 Å². The number of hydrogen-bond donors (Lipinski definition) is 2. The van der Waals surface area contributed by atoms with E-state index in [1.807, 2.05) is 32.9 Å². The molecule has 2 N–H and O–H groups in total. The molecule has 0 aromatic heterocycles. The highest BCUT2D eigenvalue weighted by atomic mass is 16.6. The Bertz CT molecular complexity index is 452. The topological polar surface area (TPSA) is 50.4 Å². The lowest BCUT2D eigenvalue weighted by Gasteiger charge is -2.23. The van der Waals surface area contributed by atoms with Crippen molar-refractivity contribution in [3.63, 3.8) is 0 Å². The predicted molar refractivity (Wildman–Crippen MR) is 76.4 cm³/mol. The van der Waals surface area contributed by atoms with Crippen LogP contribution in [0.1, 0.15) is 32.8 Å². The summed E-state index contributed by atoms with van der Waals surface area (Å²) in [4.78, 5) is 11.8. The third-order valence-electron chi connectivity index (χ3n) is 3.01. The van der Waals surface area contributed by atoms with Crippen LogP contribution < -0.4 is 10.6 Å². The first-order chi connectivity index (χ1) is 8.94. The summed E-state index contributed by atoms with van der Waals surface area (Å²) in [6, 6.07) is 8.33. The van der Waals surface area contributed by atoms with Crippen LogP contribution in [-0.4, -0.2) is 24.3 Å². The number of amides is 1. The van der Waals surface area contributed by atoms with E-state index in [1.165, 1.54) is 5.56 Å². The van der Waals surface area contributed by atoms with Gasteiger partial charge in [-0.3, -0.25) is 0 Å². The number of alkyl carbamates (subject to hydrolysis) is 1. The molecule has 0 spiro atoms. The zero-order chi connectivity index (χ0) is 13.9. The highest BCUT2D eigenvalue weighted by molar-refractivity contribution is 5.68. The number of fused-ring (bicyclic) bond motifs is 1. The Hall–Kier alpha value is -1.71. The van der Waals surface area contributed by atoms with Crippen LogP contribution in [0.5, 0.6) is 0 Å². The molecule has 0 aliphatic carbocycles. The van der Waals surface area contributed by atoms with Gasteiger partial charge >= 0.3 is 6.09 Å². The first kappa shape index (κ1) is 13.7. The second-order valence-electron chi connectivity index (χ2n) is 5.92. The largest absolute Gasteiger partial charge is 0.444 e. The minimum absolute atomic E-state index is 0.117. The molecular formula is C15H22N2O2. The number of carbonyl (C=O) groups excluding carboxylic acids is 1. The van der Waals surface area contributed by atoms with E-state index in [1.54, 1.807) is 0 Å². The molecule has 1 aromatic rings. The molecule has 0 saturated heterocycles. The average molecular weight is 262 g/mol. The van der Waals surface area contributed by atoms with Gasteiger partial charge in [0.1, 0.15) is 5.60 Å². The van der Waals surface area contributed by atoms with E-state index in [9.17, 15) is 4.79 Å². The molecule has 0 saturated carbocycles. The van der Waals surface area contributed by atoms with Crippen LogP contribution in [0.25, 0.3) is 0 Å². The maximum Gasteiger partial charge on any atom is 0.407 e. The summed E-state index contributed by atoms with van der Waals surface area (Å²) in [6.07, 6.45) is 1.40. The number of hydrogen-bond acceptors (Lipinski definition) is 3. The summed E-state index contributed by atoms with van der Waals surface area (Å²) >= 11 is 0. The summed E-state index contributed by atoms with van der Waals surface area (Å²) in [6.45, 7) is 6.47. The van der Waals surface area contributed by atoms with Gasteiger partial charge in [-0.2, -0.15) is 0 Å². The van der Waals surface area contributed by atoms with Gasteiger partial charge in [0, 0.05) is 18.3 Å². The quantitative estimate of drug-likeness (QED) is 0.818. The summed E-state index contributed by atoms with van der Waals surface area (Å²) in [5, 5.41) is 6.34. The monoisotopic (exact) mass is 262 g/mol. The molecule has 1 amide bonds. The molecule has 19 heavy (non-hydrogen) atoms. The second kappa shape index (κ2) is 5.51. The summed E-state index contributed by atoms with van der Waals surface area (Å²) in [5.74, 6) is 0. The highest BCUT2D eigenvalue weighted by Crippen LogP contribution is 2.21. The van der Waals surface area contributed by atoms with E-state index in [2.05, 4.69) is 22.8 Å². The number of benzene rings is 1. The Morgan fingerprint density at radius 3 is 2.84 bits per heavy atom. The van der Waals surface area contributed by atoms with Crippen molar-refractivity contribution in [2.24, 2.45) is 0 Å². The van der Waals surface area contributed by atoms with Crippen LogP contribution in [0, 0.1) is 0 Å². The molecule has 1 atom stereocenters. The molecule has 1 aromatic carbocycles. The number of anilines is 1. The Labute approximate surface area is 114 Å². The Kier molecular flexibility index (Phi) is 3.98. The lowest BCUT2D eigenvalue weighted by Crippen LogP contribution is -2.40. The first-order valence-corrected chi connectivity index (χ1v) is 6.75. The maximum absolute atomic E-state index is 11.8. The van der Waals surface area contributed by atoms with E-state index in [0.29, 0.717) is 0 Å². The SMILES string of the molecule is CC(C)(C)OC(=O)NC1CCNc2ccccc2C1. The minimum atomic E-state index is -0.453. The fraction of sp³-hybridized carbons (Fsp3) is 0.533. The van der Waals surface area contributed by atoms with Crippen molar-refractivity contribution in [3.8, 4) is 0 Å². The molecule has 4 heteroatoms. The van der Waals surface area contributed by atoms with Gasteiger partial charge in [0.05, 0.1) is 0 Å². The lowest BCUT2D eigenvalue weighted by molar-refractivity contribution is 0.0503. The van der Waals surface area contributed by atoms with Crippen molar-refractivity contribution in [2.75, 3.05) is 11.9 Å². The fourth-order valence-corrected chi connectivity index (χ4v) is 2.22. The summed E-state index contributed by atoms with van der Waals surface area (Å²) in [7, 11) is 0. The zero-order valence-electron chi connectivity index (χ0n) is 11.8. The smallest absolute Gasteiger partial charge is 0.407 e. The molecule has 1 aliphatic rings. The van der Waals surface area contributed by atoms with E-state index in [-0.39, 0.29) is 12.1 Å². The van der Waals surface area contributed by atoms with Gasteiger partial charge in [0.2, 0.25) is 0 Å². The molecule has 0 fully saturated rings. The van der Waals surface area contributed by atoms with Crippen LogP contribution >= 0.6 is 0 Å². The summed E-state index contributed by atoms with van der Waals surface area (Å²) < 4.78 is 5.30. The van der Waals surface area contributed by atoms with E-state index in [4.69, 9.17) is 4.74 Å². The molecule has 0 radical (unpaired) electrons. The van der Waals surface area contributed by atoms with E-state index in [0.717, 1.165) is 25.1 Å². The van der Waals surface area contributed by atoms with Crippen LogP contribution in [0.15, 0.2) is 24.3 Å². The van der Waals surface area contributed by atoms with Gasteiger partial charge in [0.25, 0.3) is 0 Å². The van der Waals surface area contributed by atoms with Crippen LogP contribution in [0.3, 0.4) is 0 Å². The van der Waals surface area contributed by atoms with Crippen molar-refractivity contribution >= 4 is 11.8 Å². The van der Waals surface area contributed by atoms with Crippen molar-refractivity contribution in [2.45, 2.75) is 45.3 Å². The third-order valence-corrected chi connectivity index (χ3v) is 3.01. The number of para-hydroxylation sites is 1. The standard InChI is InChI=1S/C15H22N2O2/c1-15(2,3)19-14(18)17-12-8-9-16-13-7-5-4-6-11(13)10-12/h4-7,12,16H,8-10H2,1-3H3,(H,17,18). The number of nitrogens with one attached hydrogen (secondary N) is 2. The van der Waals surface area contributed by atoms with Crippen LogP contribution in [0.2, 0.25) is 0 Å². The number of rotatable bonds is 1. The van der Waals surface area contributed by atoms with Gasteiger partial charge in [-0.1, -0.05) is 18.2 Å². The van der Waals surface area contributed by atoms with Crippen LogP contribution in [-0.2, 0) is 11.2 Å². The molecule has 4 nitrogen and oxygen atoms in total. The second-order valence-corrected chi connectivity index (χ2v) is 5.92. The number of carbonyl (C=O) groups is 1. The lowest BCUT2D eigenvalue weighted by atomic mass is 10.0. The van der Waals surface area contributed by atoms with Gasteiger partial charge in [-0.15, -0.1) is 0 Å². The number of ether oxygens (including phenoxy) is 1. The molecule has 0 bridgehead atoms. The van der Waals surface area contributed by atoms with Gasteiger partial charge in [0.15, 0.2) is 0 Å². The molecule has 1 heterocycles. The van der Waals surface area contributed by atoms with Gasteiger partial charge in [-0.25, -0.2) is 4.79 Å². The predicted octanol–water partition coefficient (Wildman–Crippen LogP) is 2.94.